The molecule has 0 radical (unpaired) electrons. The molecule has 3 aromatic rings. The highest BCUT2D eigenvalue weighted by Crippen LogP contribution is 2.21. The van der Waals surface area contributed by atoms with Gasteiger partial charge in [-0.2, -0.15) is 4.98 Å². The number of hydrogen-bond donors (Lipinski definition) is 2. The third kappa shape index (κ3) is 2.10. The summed E-state index contributed by atoms with van der Waals surface area (Å²) >= 11 is 0. The Labute approximate surface area is 104 Å². The number of nitrogens with two attached hydrogens (primary N) is 1. The lowest BCUT2D eigenvalue weighted by Crippen LogP contribution is -2.00. The Morgan fingerprint density at radius 3 is 3.00 bits per heavy atom. The molecule has 0 aliphatic carbocycles. The number of benzene rings is 1. The molecule has 0 bridgehead atoms. The lowest BCUT2D eigenvalue weighted by molar-refractivity contribution is 0.614. The molecule has 0 aliphatic heterocycles. The second-order valence-corrected chi connectivity index (χ2v) is 3.92. The van der Waals surface area contributed by atoms with Gasteiger partial charge in [-0.25, -0.2) is 0 Å². The van der Waals surface area contributed by atoms with E-state index in [1.54, 1.807) is 18.3 Å². The molecule has 2 heterocycles. The minimum absolute atomic E-state index is 0.473. The van der Waals surface area contributed by atoms with Gasteiger partial charge in [0.05, 0.1) is 12.2 Å². The third-order valence-corrected chi connectivity index (χ3v) is 2.56. The van der Waals surface area contributed by atoms with E-state index < -0.39 is 0 Å². The molecule has 1 aromatic carbocycles. The van der Waals surface area contributed by atoms with E-state index in [0.29, 0.717) is 23.8 Å². The van der Waals surface area contributed by atoms with Crippen molar-refractivity contribution >= 4 is 22.8 Å². The smallest absolute Gasteiger partial charge is 0.296 e. The van der Waals surface area contributed by atoms with Gasteiger partial charge in [0.1, 0.15) is 5.52 Å². The molecule has 90 valence electrons. The second kappa shape index (κ2) is 4.37. The Hall–Kier alpha value is -2.56. The van der Waals surface area contributed by atoms with Crippen LogP contribution in [0.3, 0.4) is 0 Å². The zero-order chi connectivity index (χ0) is 12.4. The number of oxazole rings is 1. The second-order valence-electron chi connectivity index (χ2n) is 3.92. The van der Waals surface area contributed by atoms with Gasteiger partial charge in [-0.1, -0.05) is 6.07 Å². The number of rotatable bonds is 3. The van der Waals surface area contributed by atoms with Gasteiger partial charge in [0.15, 0.2) is 5.58 Å². The SMILES string of the molecule is Nc1ccc2nc(NCc3ccccn3)oc2c1. The van der Waals surface area contributed by atoms with Gasteiger partial charge in [-0.3, -0.25) is 4.98 Å². The summed E-state index contributed by atoms with van der Waals surface area (Å²) in [4.78, 5) is 8.52. The Morgan fingerprint density at radius 1 is 1.22 bits per heavy atom. The fourth-order valence-electron chi connectivity index (χ4n) is 1.69. The first kappa shape index (κ1) is 10.6. The maximum Gasteiger partial charge on any atom is 0.296 e. The predicted octanol–water partition coefficient (Wildman–Crippen LogP) is 2.42. The molecule has 2 aromatic heterocycles. The average Bonchev–Trinajstić information content (AvgIpc) is 2.79. The summed E-state index contributed by atoms with van der Waals surface area (Å²) in [6.07, 6.45) is 1.75. The van der Waals surface area contributed by atoms with Crippen molar-refractivity contribution in [1.29, 1.82) is 0 Å². The molecule has 0 saturated heterocycles. The van der Waals surface area contributed by atoms with Crippen LogP contribution in [0.1, 0.15) is 5.69 Å². The first-order chi connectivity index (χ1) is 8.81. The fourth-order valence-corrected chi connectivity index (χ4v) is 1.69. The third-order valence-electron chi connectivity index (χ3n) is 2.56. The summed E-state index contributed by atoms with van der Waals surface area (Å²) in [5.41, 5.74) is 8.74. The molecule has 5 nitrogen and oxygen atoms in total. The van der Waals surface area contributed by atoms with Gasteiger partial charge in [0, 0.05) is 18.0 Å². The van der Waals surface area contributed by atoms with E-state index in [4.69, 9.17) is 10.2 Å². The summed E-state index contributed by atoms with van der Waals surface area (Å²) in [6, 6.07) is 11.6. The topological polar surface area (TPSA) is 77.0 Å². The number of fused-ring (bicyclic) bond motifs is 1. The van der Waals surface area contributed by atoms with Crippen molar-refractivity contribution in [3.8, 4) is 0 Å². The van der Waals surface area contributed by atoms with Crippen molar-refractivity contribution in [3.63, 3.8) is 0 Å². The van der Waals surface area contributed by atoms with Gasteiger partial charge in [0.25, 0.3) is 6.01 Å². The number of hydrogen-bond acceptors (Lipinski definition) is 5. The molecule has 0 aliphatic rings. The Morgan fingerprint density at radius 2 is 2.17 bits per heavy atom. The first-order valence-electron chi connectivity index (χ1n) is 5.61. The molecule has 0 atom stereocenters. The van der Waals surface area contributed by atoms with Crippen LogP contribution in [-0.2, 0) is 6.54 Å². The van der Waals surface area contributed by atoms with Gasteiger partial charge < -0.3 is 15.5 Å². The van der Waals surface area contributed by atoms with Crippen LogP contribution in [0.2, 0.25) is 0 Å². The van der Waals surface area contributed by atoms with Gasteiger partial charge >= 0.3 is 0 Å². The highest BCUT2D eigenvalue weighted by atomic mass is 16.4. The van der Waals surface area contributed by atoms with E-state index in [9.17, 15) is 0 Å². The van der Waals surface area contributed by atoms with Crippen LogP contribution in [0.15, 0.2) is 47.0 Å². The maximum atomic E-state index is 5.68. The molecule has 0 fully saturated rings. The summed E-state index contributed by atoms with van der Waals surface area (Å²) in [5.74, 6) is 0. The minimum Gasteiger partial charge on any atom is -0.423 e. The number of nitrogens with zero attached hydrogens (tertiary/aromatic N) is 2. The Kier molecular flexibility index (Phi) is 2.57. The van der Waals surface area contributed by atoms with E-state index >= 15 is 0 Å². The number of nitrogens with one attached hydrogen (secondary N) is 1. The zero-order valence-corrected chi connectivity index (χ0v) is 9.63. The van der Waals surface area contributed by atoms with Crippen LogP contribution in [0.25, 0.3) is 11.1 Å². The highest BCUT2D eigenvalue weighted by molar-refractivity contribution is 5.78. The fraction of sp³-hybridized carbons (Fsp3) is 0.0769. The van der Waals surface area contributed by atoms with Crippen molar-refractivity contribution < 1.29 is 4.42 Å². The number of anilines is 2. The number of nitrogen functional groups attached to an aromatic ring is 1. The summed E-state index contributed by atoms with van der Waals surface area (Å²) in [6.45, 7) is 0.573. The predicted molar refractivity (Wildman–Crippen MR) is 70.0 cm³/mol. The summed E-state index contributed by atoms with van der Waals surface area (Å²) in [5, 5.41) is 3.09. The Bertz CT molecular complexity index is 663. The minimum atomic E-state index is 0.473. The highest BCUT2D eigenvalue weighted by Gasteiger charge is 2.05. The van der Waals surface area contributed by atoms with E-state index in [-0.39, 0.29) is 0 Å². The quantitative estimate of drug-likeness (QED) is 0.687. The molecule has 0 amide bonds. The molecule has 18 heavy (non-hydrogen) atoms. The lowest BCUT2D eigenvalue weighted by atomic mass is 10.3. The number of pyridine rings is 1. The molecule has 5 heteroatoms. The van der Waals surface area contributed by atoms with E-state index in [0.717, 1.165) is 11.2 Å². The number of aromatic nitrogens is 2. The van der Waals surface area contributed by atoms with Gasteiger partial charge in [-0.05, 0) is 24.3 Å². The largest absolute Gasteiger partial charge is 0.423 e. The van der Waals surface area contributed by atoms with Gasteiger partial charge in [-0.15, -0.1) is 0 Å². The van der Waals surface area contributed by atoms with E-state index in [1.165, 1.54) is 0 Å². The summed E-state index contributed by atoms with van der Waals surface area (Å²) in [7, 11) is 0. The Balaban J connectivity index is 1.79. The molecular weight excluding hydrogens is 228 g/mol. The lowest BCUT2D eigenvalue weighted by Gasteiger charge is -1.99. The van der Waals surface area contributed by atoms with Crippen molar-refractivity contribution in [3.05, 3.63) is 48.3 Å². The van der Waals surface area contributed by atoms with Crippen LogP contribution in [0.5, 0.6) is 0 Å². The normalized spacial score (nSPS) is 10.7. The zero-order valence-electron chi connectivity index (χ0n) is 9.63. The first-order valence-corrected chi connectivity index (χ1v) is 5.61. The molecule has 0 spiro atoms. The molecular formula is C13H12N4O. The van der Waals surface area contributed by atoms with Crippen molar-refractivity contribution in [1.82, 2.24) is 9.97 Å². The van der Waals surface area contributed by atoms with Crippen molar-refractivity contribution in [2.24, 2.45) is 0 Å². The molecule has 3 N–H and O–H groups in total. The molecule has 0 saturated carbocycles. The average molecular weight is 240 g/mol. The van der Waals surface area contributed by atoms with E-state index in [2.05, 4.69) is 15.3 Å². The van der Waals surface area contributed by atoms with Crippen LogP contribution in [-0.4, -0.2) is 9.97 Å². The van der Waals surface area contributed by atoms with Crippen LogP contribution >= 0.6 is 0 Å². The molecule has 0 unspecified atom stereocenters. The van der Waals surface area contributed by atoms with Gasteiger partial charge in [0.2, 0.25) is 0 Å². The van der Waals surface area contributed by atoms with Crippen molar-refractivity contribution in [2.75, 3.05) is 11.1 Å². The van der Waals surface area contributed by atoms with Crippen LogP contribution in [0.4, 0.5) is 11.7 Å². The standard InChI is InChI=1S/C13H12N4O/c14-9-4-5-11-12(7-9)18-13(17-11)16-8-10-3-1-2-6-15-10/h1-7H,8,14H2,(H,16,17). The van der Waals surface area contributed by atoms with Crippen LogP contribution in [0, 0.1) is 0 Å². The van der Waals surface area contributed by atoms with Crippen LogP contribution < -0.4 is 11.1 Å². The monoisotopic (exact) mass is 240 g/mol. The van der Waals surface area contributed by atoms with Crippen molar-refractivity contribution in [2.45, 2.75) is 6.54 Å². The maximum absolute atomic E-state index is 5.68. The van der Waals surface area contributed by atoms with E-state index in [1.807, 2.05) is 24.3 Å². The molecule has 3 rings (SSSR count). The summed E-state index contributed by atoms with van der Waals surface area (Å²) < 4.78 is 5.54.